The van der Waals surface area contributed by atoms with Crippen molar-refractivity contribution in [2.45, 2.75) is 6.42 Å². The highest BCUT2D eigenvalue weighted by atomic mass is 16.5. The zero-order valence-corrected chi connectivity index (χ0v) is 6.87. The van der Waals surface area contributed by atoms with Crippen molar-refractivity contribution in [1.29, 1.82) is 0 Å². The van der Waals surface area contributed by atoms with E-state index in [0.29, 0.717) is 12.3 Å². The van der Waals surface area contributed by atoms with Crippen LogP contribution >= 0.6 is 0 Å². The van der Waals surface area contributed by atoms with E-state index < -0.39 is 0 Å². The lowest BCUT2D eigenvalue weighted by Gasteiger charge is -2.01. The molecule has 4 nitrogen and oxygen atoms in total. The number of piperidine rings is 1. The zero-order chi connectivity index (χ0) is 8.72. The molecule has 1 aliphatic heterocycles. The number of ether oxygens (including phenoxy) is 1. The first-order valence-electron chi connectivity index (χ1n) is 4.08. The monoisotopic (exact) mass is 169 g/mol. The second-order valence-corrected chi connectivity index (χ2v) is 3.38. The zero-order valence-electron chi connectivity index (χ0n) is 6.87. The predicted octanol–water partition coefficient (Wildman–Crippen LogP) is -0.459. The van der Waals surface area contributed by atoms with Crippen molar-refractivity contribution in [2.75, 3.05) is 13.7 Å². The molecule has 4 heteroatoms. The Morgan fingerprint density at radius 2 is 2.50 bits per heavy atom. The van der Waals surface area contributed by atoms with Crippen LogP contribution in [0.5, 0.6) is 0 Å². The Morgan fingerprint density at radius 1 is 1.75 bits per heavy atom. The van der Waals surface area contributed by atoms with E-state index in [0.717, 1.165) is 6.54 Å². The summed E-state index contributed by atoms with van der Waals surface area (Å²) in [5, 5.41) is 2.75. The van der Waals surface area contributed by atoms with Gasteiger partial charge in [-0.3, -0.25) is 9.59 Å². The van der Waals surface area contributed by atoms with E-state index >= 15 is 0 Å². The summed E-state index contributed by atoms with van der Waals surface area (Å²) in [6.07, 6.45) is 0.402. The Labute approximate surface area is 70.3 Å². The second-order valence-electron chi connectivity index (χ2n) is 3.38. The van der Waals surface area contributed by atoms with Crippen LogP contribution in [0.1, 0.15) is 6.42 Å². The van der Waals surface area contributed by atoms with Crippen molar-refractivity contribution < 1.29 is 14.3 Å². The summed E-state index contributed by atoms with van der Waals surface area (Å²) in [4.78, 5) is 21.9. The quantitative estimate of drug-likeness (QED) is 0.569. The van der Waals surface area contributed by atoms with Gasteiger partial charge in [0.1, 0.15) is 0 Å². The maximum Gasteiger partial charge on any atom is 0.305 e. The summed E-state index contributed by atoms with van der Waals surface area (Å²) in [6.45, 7) is 0.741. The molecule has 1 saturated carbocycles. The number of amides is 1. The van der Waals surface area contributed by atoms with Gasteiger partial charge in [0.05, 0.1) is 7.11 Å². The molecule has 0 aromatic rings. The van der Waals surface area contributed by atoms with Crippen molar-refractivity contribution in [3.8, 4) is 0 Å². The summed E-state index contributed by atoms with van der Waals surface area (Å²) in [6, 6.07) is 0. The lowest BCUT2D eigenvalue weighted by Crippen LogP contribution is -2.22. The van der Waals surface area contributed by atoms with Crippen LogP contribution in [0.3, 0.4) is 0 Å². The van der Waals surface area contributed by atoms with Crippen LogP contribution in [0.2, 0.25) is 0 Å². The summed E-state index contributed by atoms with van der Waals surface area (Å²) in [5.74, 6) is 0.656. The summed E-state index contributed by atoms with van der Waals surface area (Å²) >= 11 is 0. The van der Waals surface area contributed by atoms with E-state index in [1.165, 1.54) is 7.11 Å². The molecular formula is C8H11NO3. The van der Waals surface area contributed by atoms with E-state index in [2.05, 4.69) is 10.1 Å². The first-order chi connectivity index (χ1) is 5.74. The Bertz CT molecular complexity index is 238. The van der Waals surface area contributed by atoms with Gasteiger partial charge < -0.3 is 10.1 Å². The van der Waals surface area contributed by atoms with Crippen molar-refractivity contribution in [1.82, 2.24) is 5.32 Å². The van der Waals surface area contributed by atoms with Gasteiger partial charge in [0, 0.05) is 18.9 Å². The molecule has 2 fully saturated rings. The third-order valence-electron chi connectivity index (χ3n) is 2.78. The molecule has 0 spiro atoms. The van der Waals surface area contributed by atoms with E-state index in [4.69, 9.17) is 0 Å². The van der Waals surface area contributed by atoms with E-state index in [9.17, 15) is 9.59 Å². The Balaban J connectivity index is 1.88. The minimum Gasteiger partial charge on any atom is -0.469 e. The van der Waals surface area contributed by atoms with Gasteiger partial charge in [-0.1, -0.05) is 0 Å². The third kappa shape index (κ3) is 0.983. The molecule has 66 valence electrons. The van der Waals surface area contributed by atoms with Crippen LogP contribution in [0.4, 0.5) is 0 Å². The molecule has 1 aliphatic carbocycles. The number of fused-ring (bicyclic) bond motifs is 1. The predicted molar refractivity (Wildman–Crippen MR) is 40.1 cm³/mol. The highest BCUT2D eigenvalue weighted by Crippen LogP contribution is 2.51. The number of methoxy groups -OCH3 is 1. The Morgan fingerprint density at radius 3 is 3.00 bits per heavy atom. The van der Waals surface area contributed by atoms with Gasteiger partial charge in [-0.15, -0.1) is 0 Å². The normalized spacial score (nSPS) is 37.1. The molecule has 0 aromatic carbocycles. The van der Waals surface area contributed by atoms with Gasteiger partial charge in [0.15, 0.2) is 0 Å². The number of hydrogen-bond acceptors (Lipinski definition) is 3. The minimum absolute atomic E-state index is 0.101. The molecule has 1 N–H and O–H groups in total. The number of hydrogen-bond donors (Lipinski definition) is 1. The van der Waals surface area contributed by atoms with Crippen LogP contribution < -0.4 is 5.32 Å². The molecule has 2 rings (SSSR count). The van der Waals surface area contributed by atoms with E-state index in [1.807, 2.05) is 0 Å². The number of carbonyl (C=O) groups is 2. The fourth-order valence-corrected chi connectivity index (χ4v) is 2.00. The van der Waals surface area contributed by atoms with Crippen molar-refractivity contribution >= 4 is 11.9 Å². The number of esters is 1. The third-order valence-corrected chi connectivity index (χ3v) is 2.78. The maximum absolute atomic E-state index is 11.0. The fraction of sp³-hybridized carbons (Fsp3) is 0.750. The first kappa shape index (κ1) is 7.58. The van der Waals surface area contributed by atoms with E-state index in [1.54, 1.807) is 0 Å². The molecule has 1 amide bonds. The molecule has 0 aromatic heterocycles. The highest BCUT2D eigenvalue weighted by molar-refractivity contribution is 5.86. The maximum atomic E-state index is 11.0. The lowest BCUT2D eigenvalue weighted by atomic mass is 10.2. The van der Waals surface area contributed by atoms with Crippen LogP contribution in [-0.4, -0.2) is 25.5 Å². The van der Waals surface area contributed by atoms with Gasteiger partial charge in [0.25, 0.3) is 0 Å². The van der Waals surface area contributed by atoms with Gasteiger partial charge in [-0.2, -0.15) is 0 Å². The SMILES string of the molecule is COC(=O)C[C@H]1[C@@H]2CNC(=O)[C@@H]21. The average Bonchev–Trinajstić information content (AvgIpc) is 2.59. The van der Waals surface area contributed by atoms with Gasteiger partial charge in [0.2, 0.25) is 5.91 Å². The summed E-state index contributed by atoms with van der Waals surface area (Å²) in [5.41, 5.74) is 0. The first-order valence-corrected chi connectivity index (χ1v) is 4.08. The van der Waals surface area contributed by atoms with Gasteiger partial charge in [-0.25, -0.2) is 0 Å². The minimum atomic E-state index is -0.206. The number of rotatable bonds is 2. The molecule has 0 unspecified atom stereocenters. The van der Waals surface area contributed by atoms with Crippen LogP contribution in [0, 0.1) is 17.8 Å². The van der Waals surface area contributed by atoms with Crippen LogP contribution in [0.15, 0.2) is 0 Å². The van der Waals surface area contributed by atoms with Gasteiger partial charge >= 0.3 is 5.97 Å². The standard InChI is InChI=1S/C8H11NO3/c1-12-6(10)2-4-5-3-9-8(11)7(4)5/h4-5,7H,2-3H2,1H3,(H,9,11)/t4-,5-,7+/m0/s1. The number of carbonyl (C=O) groups excluding carboxylic acids is 2. The molecule has 3 atom stereocenters. The molecule has 1 heterocycles. The van der Waals surface area contributed by atoms with E-state index in [-0.39, 0.29) is 23.7 Å². The molecule has 0 radical (unpaired) electrons. The van der Waals surface area contributed by atoms with Crippen LogP contribution in [0.25, 0.3) is 0 Å². The smallest absolute Gasteiger partial charge is 0.305 e. The molecule has 2 aliphatic rings. The average molecular weight is 169 g/mol. The van der Waals surface area contributed by atoms with Crippen molar-refractivity contribution in [3.05, 3.63) is 0 Å². The Kier molecular flexibility index (Phi) is 1.56. The summed E-state index contributed by atoms with van der Waals surface area (Å²) in [7, 11) is 1.38. The molecular weight excluding hydrogens is 158 g/mol. The molecule has 1 saturated heterocycles. The number of nitrogens with one attached hydrogen (secondary N) is 1. The molecule has 0 bridgehead atoms. The second kappa shape index (κ2) is 2.47. The summed E-state index contributed by atoms with van der Waals surface area (Å²) < 4.78 is 4.53. The fourth-order valence-electron chi connectivity index (χ4n) is 2.00. The lowest BCUT2D eigenvalue weighted by molar-refractivity contribution is -0.141. The van der Waals surface area contributed by atoms with Crippen LogP contribution in [-0.2, 0) is 14.3 Å². The van der Waals surface area contributed by atoms with Crippen molar-refractivity contribution in [3.63, 3.8) is 0 Å². The highest BCUT2D eigenvalue weighted by Gasteiger charge is 2.58. The Hall–Kier alpha value is -1.06. The largest absolute Gasteiger partial charge is 0.469 e. The molecule has 12 heavy (non-hydrogen) atoms. The van der Waals surface area contributed by atoms with Gasteiger partial charge in [-0.05, 0) is 11.8 Å². The topological polar surface area (TPSA) is 55.4 Å². The van der Waals surface area contributed by atoms with Crippen molar-refractivity contribution in [2.24, 2.45) is 17.8 Å².